The molecule has 3 amide bonds. The van der Waals surface area contributed by atoms with Gasteiger partial charge in [0.2, 0.25) is 0 Å². The molecule has 0 aliphatic carbocycles. The molecule has 0 bridgehead atoms. The van der Waals surface area contributed by atoms with Gasteiger partial charge < -0.3 is 5.11 Å². The van der Waals surface area contributed by atoms with E-state index in [1.54, 1.807) is 30.3 Å². The molecule has 0 saturated carbocycles. The Kier molecular flexibility index (Phi) is 7.02. The number of nitrogens with one attached hydrogen (secondary N) is 2. The van der Waals surface area contributed by atoms with Crippen molar-refractivity contribution in [3.8, 4) is 11.1 Å². The van der Waals surface area contributed by atoms with E-state index in [9.17, 15) is 14.4 Å². The highest BCUT2D eigenvalue weighted by atomic mass is 32.2. The molecule has 0 atom stereocenters. The van der Waals surface area contributed by atoms with Crippen molar-refractivity contribution in [2.24, 2.45) is 0 Å². The summed E-state index contributed by atoms with van der Waals surface area (Å²) in [6.07, 6.45) is 0.698. The Morgan fingerprint density at radius 3 is 2.10 bits per heavy atom. The van der Waals surface area contributed by atoms with Gasteiger partial charge in [-0.2, -0.15) is 0 Å². The first-order chi connectivity index (χ1) is 14.5. The Hall–Kier alpha value is -3.84. The lowest BCUT2D eigenvalue weighted by Crippen LogP contribution is -2.17. The van der Waals surface area contributed by atoms with Gasteiger partial charge in [-0.1, -0.05) is 66.7 Å². The normalized spacial score (nSPS) is 13.9. The summed E-state index contributed by atoms with van der Waals surface area (Å²) in [7, 11) is 0. The average Bonchev–Trinajstić information content (AvgIpc) is 3.06. The predicted molar refractivity (Wildman–Crippen MR) is 119 cm³/mol. The number of hydrogen-bond donors (Lipinski definition) is 3. The van der Waals surface area contributed by atoms with Crippen molar-refractivity contribution in [1.82, 2.24) is 5.32 Å². The first-order valence-corrected chi connectivity index (χ1v) is 9.78. The Morgan fingerprint density at radius 1 is 0.867 bits per heavy atom. The van der Waals surface area contributed by atoms with Crippen LogP contribution in [-0.2, 0) is 4.79 Å². The molecule has 0 radical (unpaired) electrons. The summed E-state index contributed by atoms with van der Waals surface area (Å²) in [4.78, 5) is 33.1. The van der Waals surface area contributed by atoms with Gasteiger partial charge in [-0.15, -0.1) is 0 Å². The van der Waals surface area contributed by atoms with Gasteiger partial charge >= 0.3 is 6.09 Å². The lowest BCUT2D eigenvalue weighted by atomic mass is 10.0. The number of rotatable bonds is 3. The van der Waals surface area contributed by atoms with Crippen LogP contribution in [0, 0.1) is 0 Å². The summed E-state index contributed by atoms with van der Waals surface area (Å²) in [5.41, 5.74) is 3.69. The van der Waals surface area contributed by atoms with Crippen molar-refractivity contribution >= 4 is 40.8 Å². The van der Waals surface area contributed by atoms with Crippen molar-refractivity contribution < 1.29 is 19.5 Å². The third-order valence-corrected chi connectivity index (χ3v) is 4.77. The maximum atomic E-state index is 11.5. The smallest absolute Gasteiger partial charge is 0.409 e. The van der Waals surface area contributed by atoms with Crippen molar-refractivity contribution in [2.75, 3.05) is 5.32 Å². The third-order valence-electron chi connectivity index (χ3n) is 3.96. The van der Waals surface area contributed by atoms with Crippen LogP contribution in [0.3, 0.4) is 0 Å². The second kappa shape index (κ2) is 10.1. The lowest BCUT2D eigenvalue weighted by Gasteiger charge is -2.03. The fourth-order valence-corrected chi connectivity index (χ4v) is 3.34. The van der Waals surface area contributed by atoms with Crippen LogP contribution in [0.5, 0.6) is 0 Å². The average molecular weight is 418 g/mol. The van der Waals surface area contributed by atoms with Crippen LogP contribution in [0.2, 0.25) is 0 Å². The predicted octanol–water partition coefficient (Wildman–Crippen LogP) is 5.45. The van der Waals surface area contributed by atoms with E-state index < -0.39 is 6.09 Å². The second-order valence-electron chi connectivity index (χ2n) is 6.14. The molecule has 1 aliphatic heterocycles. The molecule has 30 heavy (non-hydrogen) atoms. The van der Waals surface area contributed by atoms with E-state index in [2.05, 4.69) is 10.6 Å². The summed E-state index contributed by atoms with van der Waals surface area (Å²) in [6.45, 7) is 0. The number of carbonyl (C=O) groups is 3. The van der Waals surface area contributed by atoms with E-state index in [-0.39, 0.29) is 11.1 Å². The summed E-state index contributed by atoms with van der Waals surface area (Å²) < 4.78 is 0. The number of amides is 3. The minimum atomic E-state index is -1.04. The fraction of sp³-hybridized carbons (Fsp3) is 0. The Labute approximate surface area is 177 Å². The number of imide groups is 1. The highest BCUT2D eigenvalue weighted by Crippen LogP contribution is 2.27. The van der Waals surface area contributed by atoms with Crippen LogP contribution in [0.25, 0.3) is 17.2 Å². The van der Waals surface area contributed by atoms with Crippen molar-refractivity contribution in [1.29, 1.82) is 0 Å². The molecule has 3 N–H and O–H groups in total. The minimum absolute atomic E-state index is 0.319. The van der Waals surface area contributed by atoms with E-state index in [1.807, 2.05) is 60.7 Å². The lowest BCUT2D eigenvalue weighted by molar-refractivity contribution is -0.115. The summed E-state index contributed by atoms with van der Waals surface area (Å²) in [5, 5.41) is 12.4. The number of anilines is 1. The zero-order valence-corrected chi connectivity index (χ0v) is 16.6. The summed E-state index contributed by atoms with van der Waals surface area (Å²) in [6, 6.07) is 26.6. The topological polar surface area (TPSA) is 95.5 Å². The summed E-state index contributed by atoms with van der Waals surface area (Å²) in [5.74, 6) is -0.329. The molecular weight excluding hydrogens is 400 g/mol. The third kappa shape index (κ3) is 6.08. The number of benzene rings is 3. The number of thioether (sulfide) groups is 1. The van der Waals surface area contributed by atoms with Gasteiger partial charge in [-0.05, 0) is 52.7 Å². The van der Waals surface area contributed by atoms with Gasteiger partial charge in [0, 0.05) is 5.69 Å². The molecule has 7 heteroatoms. The van der Waals surface area contributed by atoms with E-state index >= 15 is 0 Å². The largest absolute Gasteiger partial charge is 0.465 e. The number of carbonyl (C=O) groups excluding carboxylic acids is 2. The first-order valence-electron chi connectivity index (χ1n) is 8.96. The molecule has 1 saturated heterocycles. The van der Waals surface area contributed by atoms with Gasteiger partial charge in [0.15, 0.2) is 0 Å². The Balaban J connectivity index is 0.000000216. The second-order valence-corrected chi connectivity index (χ2v) is 7.15. The van der Waals surface area contributed by atoms with E-state index in [0.717, 1.165) is 28.5 Å². The standard InChI is InChI=1S/C16H11NO2S.C7H7NO2/c18-15-14(20-16(19)17-15)10-11-5-4-8-13(9-11)12-6-2-1-3-7-12;9-7(10)8-6-4-2-1-3-5-6/h1-10H,(H,17,18,19);1-5,8H,(H,9,10). The maximum absolute atomic E-state index is 11.5. The molecular formula is C23H18N2O4S. The Morgan fingerprint density at radius 2 is 1.50 bits per heavy atom. The molecule has 3 aromatic rings. The molecule has 3 aromatic carbocycles. The molecule has 0 spiro atoms. The zero-order chi connectivity index (χ0) is 21.3. The molecule has 0 aromatic heterocycles. The van der Waals surface area contributed by atoms with Crippen molar-refractivity contribution in [3.05, 3.63) is 95.4 Å². The van der Waals surface area contributed by atoms with Crippen molar-refractivity contribution in [2.45, 2.75) is 0 Å². The SMILES string of the molecule is O=C(O)Nc1ccccc1.O=C1NC(=O)C(=Cc2cccc(-c3ccccc3)c2)S1. The molecule has 150 valence electrons. The Bertz CT molecular complexity index is 1080. The maximum Gasteiger partial charge on any atom is 0.409 e. The summed E-state index contributed by atoms with van der Waals surface area (Å²) >= 11 is 0.932. The number of carboxylic acid groups (broad SMARTS) is 1. The van der Waals surface area contributed by atoms with Crippen LogP contribution < -0.4 is 10.6 Å². The highest BCUT2D eigenvalue weighted by molar-refractivity contribution is 8.18. The molecule has 1 fully saturated rings. The molecule has 0 unspecified atom stereocenters. The van der Waals surface area contributed by atoms with Crippen LogP contribution in [0.15, 0.2) is 89.8 Å². The monoisotopic (exact) mass is 418 g/mol. The van der Waals surface area contributed by atoms with Crippen LogP contribution >= 0.6 is 11.8 Å². The molecule has 1 aliphatic rings. The zero-order valence-electron chi connectivity index (χ0n) is 15.7. The first kappa shape index (κ1) is 20.9. The van der Waals surface area contributed by atoms with Crippen molar-refractivity contribution in [3.63, 3.8) is 0 Å². The van der Waals surface area contributed by atoms with Crippen LogP contribution in [0.4, 0.5) is 15.3 Å². The van der Waals surface area contributed by atoms with Gasteiger partial charge in [-0.25, -0.2) is 4.79 Å². The van der Waals surface area contributed by atoms with Gasteiger partial charge in [0.1, 0.15) is 0 Å². The highest BCUT2D eigenvalue weighted by Gasteiger charge is 2.24. The quantitative estimate of drug-likeness (QED) is 0.491. The van der Waals surface area contributed by atoms with Gasteiger partial charge in [0.25, 0.3) is 11.1 Å². The molecule has 6 nitrogen and oxygen atoms in total. The fourth-order valence-electron chi connectivity index (χ4n) is 2.66. The van der Waals surface area contributed by atoms with Crippen LogP contribution in [0.1, 0.15) is 5.56 Å². The number of hydrogen-bond acceptors (Lipinski definition) is 4. The molecule has 4 rings (SSSR count). The van der Waals surface area contributed by atoms with E-state index in [4.69, 9.17) is 5.11 Å². The van der Waals surface area contributed by atoms with E-state index in [0.29, 0.717) is 10.6 Å². The van der Waals surface area contributed by atoms with Gasteiger partial charge in [0.05, 0.1) is 4.91 Å². The van der Waals surface area contributed by atoms with Gasteiger partial charge in [-0.3, -0.25) is 20.2 Å². The van der Waals surface area contributed by atoms with E-state index in [1.165, 1.54) is 0 Å². The minimum Gasteiger partial charge on any atom is -0.465 e. The number of para-hydroxylation sites is 1. The molecule has 1 heterocycles. The van der Waals surface area contributed by atoms with Crippen LogP contribution in [-0.4, -0.2) is 22.3 Å².